The summed E-state index contributed by atoms with van der Waals surface area (Å²) in [5.41, 5.74) is 4.94. The molecule has 0 unspecified atom stereocenters. The van der Waals surface area contributed by atoms with Crippen LogP contribution in [0, 0.1) is 0 Å². The van der Waals surface area contributed by atoms with Gasteiger partial charge in [-0.25, -0.2) is 4.79 Å². The molecule has 0 saturated heterocycles. The fourth-order valence-corrected chi connectivity index (χ4v) is 0.390. The Labute approximate surface area is 67.2 Å². The van der Waals surface area contributed by atoms with Crippen LogP contribution in [0.5, 0.6) is 0 Å². The van der Waals surface area contributed by atoms with Crippen LogP contribution in [0.4, 0.5) is 4.79 Å². The van der Waals surface area contributed by atoms with E-state index in [9.17, 15) is 4.79 Å². The van der Waals surface area contributed by atoms with Crippen molar-refractivity contribution >= 4 is 18.4 Å². The second-order valence-corrected chi connectivity index (χ2v) is 1.86. The highest BCUT2D eigenvalue weighted by Gasteiger charge is 1.98. The Bertz CT molecular complexity index is 98.9. The van der Waals surface area contributed by atoms with Crippen LogP contribution < -0.4 is 11.1 Å². The monoisotopic (exact) mass is 167 g/mol. The molecule has 4 nitrogen and oxygen atoms in total. The molecule has 2 amide bonds. The van der Waals surface area contributed by atoms with E-state index in [4.69, 9.17) is 5.73 Å². The van der Waals surface area contributed by atoms with E-state index >= 15 is 0 Å². The fraction of sp³-hybridized carbons (Fsp3) is 0.800. The number of primary amides is 1. The zero-order valence-electron chi connectivity index (χ0n) is 6.26. The zero-order chi connectivity index (χ0) is 7.28. The molecule has 0 radical (unpaired) electrons. The lowest BCUT2D eigenvalue weighted by molar-refractivity contribution is 0.219. The molecule has 10 heavy (non-hydrogen) atoms. The summed E-state index contributed by atoms with van der Waals surface area (Å²) in [5.74, 6) is 0. The van der Waals surface area contributed by atoms with Gasteiger partial charge in [0.2, 0.25) is 0 Å². The summed E-state index contributed by atoms with van der Waals surface area (Å²) < 4.78 is 0. The molecule has 0 saturated carbocycles. The number of carbonyl (C=O) groups excluding carboxylic acids is 1. The second-order valence-electron chi connectivity index (χ2n) is 1.86. The third-order valence-electron chi connectivity index (χ3n) is 1.07. The van der Waals surface area contributed by atoms with Gasteiger partial charge < -0.3 is 16.0 Å². The van der Waals surface area contributed by atoms with Gasteiger partial charge in [0.15, 0.2) is 0 Å². The molecular weight excluding hydrogens is 154 g/mol. The number of carbonyl (C=O) groups is 1. The van der Waals surface area contributed by atoms with E-state index in [1.807, 2.05) is 7.05 Å². The maximum Gasteiger partial charge on any atom is 0.314 e. The predicted octanol–water partition coefficient (Wildman–Crippen LogP) is -0.362. The third kappa shape index (κ3) is 5.65. The van der Waals surface area contributed by atoms with E-state index in [2.05, 4.69) is 5.32 Å². The number of hydrogen-bond donors (Lipinski definition) is 2. The molecule has 0 aromatic carbocycles. The summed E-state index contributed by atoms with van der Waals surface area (Å²) in [6.45, 7) is 1.44. The highest BCUT2D eigenvalue weighted by molar-refractivity contribution is 5.85. The van der Waals surface area contributed by atoms with Crippen molar-refractivity contribution < 1.29 is 4.79 Å². The lowest BCUT2D eigenvalue weighted by Gasteiger charge is -2.12. The minimum Gasteiger partial charge on any atom is -0.351 e. The first-order valence-electron chi connectivity index (χ1n) is 2.83. The van der Waals surface area contributed by atoms with Crippen LogP contribution >= 0.6 is 12.4 Å². The number of hydrogen-bond acceptors (Lipinski definition) is 2. The molecule has 0 aliphatic heterocycles. The fourth-order valence-electron chi connectivity index (χ4n) is 0.390. The Morgan fingerprint density at radius 1 is 1.70 bits per heavy atom. The van der Waals surface area contributed by atoms with Crippen LogP contribution in [0.1, 0.15) is 0 Å². The summed E-state index contributed by atoms with van der Waals surface area (Å²) in [7, 11) is 3.49. The van der Waals surface area contributed by atoms with Gasteiger partial charge in [0, 0.05) is 20.1 Å². The second kappa shape index (κ2) is 6.64. The smallest absolute Gasteiger partial charge is 0.314 e. The van der Waals surface area contributed by atoms with Crippen LogP contribution in [0.3, 0.4) is 0 Å². The minimum atomic E-state index is -0.384. The Balaban J connectivity index is 0. The number of nitrogens with two attached hydrogens (primary N) is 1. The first-order chi connectivity index (χ1) is 4.18. The molecule has 0 rings (SSSR count). The molecule has 0 aliphatic rings. The van der Waals surface area contributed by atoms with Crippen LogP contribution in [-0.4, -0.2) is 38.1 Å². The number of halogens is 1. The van der Waals surface area contributed by atoms with E-state index < -0.39 is 0 Å². The molecule has 3 N–H and O–H groups in total. The van der Waals surface area contributed by atoms with Gasteiger partial charge in [-0.15, -0.1) is 12.4 Å². The van der Waals surface area contributed by atoms with Crippen molar-refractivity contribution in [3.8, 4) is 0 Å². The van der Waals surface area contributed by atoms with Crippen molar-refractivity contribution in [3.63, 3.8) is 0 Å². The zero-order valence-corrected chi connectivity index (χ0v) is 7.07. The molecule has 5 heteroatoms. The van der Waals surface area contributed by atoms with E-state index in [0.717, 1.165) is 6.54 Å². The standard InChI is InChI=1S/C5H13N3O.ClH/c1-7-3-4-8(2)5(6)9;/h7H,3-4H2,1-2H3,(H2,6,9);1H. The van der Waals surface area contributed by atoms with Gasteiger partial charge in [0.1, 0.15) is 0 Å². The van der Waals surface area contributed by atoms with E-state index in [1.54, 1.807) is 7.05 Å². The van der Waals surface area contributed by atoms with Crippen molar-refractivity contribution in [2.24, 2.45) is 5.73 Å². The van der Waals surface area contributed by atoms with Crippen molar-refractivity contribution in [3.05, 3.63) is 0 Å². The number of rotatable bonds is 3. The molecule has 0 atom stereocenters. The molecule has 0 aromatic rings. The van der Waals surface area contributed by atoms with Gasteiger partial charge in [-0.05, 0) is 7.05 Å². The average molecular weight is 168 g/mol. The molecule has 0 bridgehead atoms. The quantitative estimate of drug-likeness (QED) is 0.603. The van der Waals surface area contributed by atoms with Crippen molar-refractivity contribution in [1.82, 2.24) is 10.2 Å². The van der Waals surface area contributed by atoms with Crippen molar-refractivity contribution in [2.75, 3.05) is 27.2 Å². The number of amides is 2. The van der Waals surface area contributed by atoms with Gasteiger partial charge in [0.05, 0.1) is 0 Å². The number of nitrogens with one attached hydrogen (secondary N) is 1. The maximum atomic E-state index is 10.3. The van der Waals surface area contributed by atoms with Gasteiger partial charge in [-0.3, -0.25) is 0 Å². The number of urea groups is 1. The number of likely N-dealkylation sites (N-methyl/N-ethyl adjacent to an activating group) is 2. The van der Waals surface area contributed by atoms with Crippen molar-refractivity contribution in [2.45, 2.75) is 0 Å². The van der Waals surface area contributed by atoms with Crippen LogP contribution in [0.15, 0.2) is 0 Å². The lowest BCUT2D eigenvalue weighted by Crippen LogP contribution is -2.36. The summed E-state index contributed by atoms with van der Waals surface area (Å²) in [6, 6.07) is -0.384. The van der Waals surface area contributed by atoms with Crippen LogP contribution in [0.2, 0.25) is 0 Å². The van der Waals surface area contributed by atoms with Crippen molar-refractivity contribution in [1.29, 1.82) is 0 Å². The van der Waals surface area contributed by atoms with Gasteiger partial charge in [0.25, 0.3) is 0 Å². The summed E-state index contributed by atoms with van der Waals surface area (Å²) in [4.78, 5) is 11.8. The summed E-state index contributed by atoms with van der Waals surface area (Å²) >= 11 is 0. The van der Waals surface area contributed by atoms with E-state index in [1.165, 1.54) is 4.90 Å². The first-order valence-corrected chi connectivity index (χ1v) is 2.83. The van der Waals surface area contributed by atoms with E-state index in [-0.39, 0.29) is 18.4 Å². The first kappa shape index (κ1) is 12.2. The van der Waals surface area contributed by atoms with Crippen LogP contribution in [-0.2, 0) is 0 Å². The maximum absolute atomic E-state index is 10.3. The van der Waals surface area contributed by atoms with Gasteiger partial charge >= 0.3 is 6.03 Å². The summed E-state index contributed by atoms with van der Waals surface area (Å²) in [6.07, 6.45) is 0. The molecule has 0 aliphatic carbocycles. The molecule has 0 heterocycles. The average Bonchev–Trinajstić information content (AvgIpc) is 1.82. The van der Waals surface area contributed by atoms with Gasteiger partial charge in [-0.2, -0.15) is 0 Å². The molecular formula is C5H14ClN3O. The Morgan fingerprint density at radius 3 is 2.50 bits per heavy atom. The molecule has 62 valence electrons. The molecule has 0 spiro atoms. The largest absolute Gasteiger partial charge is 0.351 e. The third-order valence-corrected chi connectivity index (χ3v) is 1.07. The molecule has 0 fully saturated rings. The predicted molar refractivity (Wildman–Crippen MR) is 43.4 cm³/mol. The lowest BCUT2D eigenvalue weighted by atomic mass is 10.6. The minimum absolute atomic E-state index is 0. The van der Waals surface area contributed by atoms with Crippen LogP contribution in [0.25, 0.3) is 0 Å². The Kier molecular flexibility index (Phi) is 8.11. The highest BCUT2D eigenvalue weighted by atomic mass is 35.5. The molecule has 0 aromatic heterocycles. The Morgan fingerprint density at radius 2 is 2.20 bits per heavy atom. The SMILES string of the molecule is CNCCN(C)C(N)=O.Cl. The summed E-state index contributed by atoms with van der Waals surface area (Å²) in [5, 5.41) is 2.90. The Hall–Kier alpha value is -0.480. The normalized spacial score (nSPS) is 8.20. The van der Waals surface area contributed by atoms with Gasteiger partial charge in [-0.1, -0.05) is 0 Å². The van der Waals surface area contributed by atoms with E-state index in [0.29, 0.717) is 6.54 Å². The number of nitrogens with zero attached hydrogens (tertiary/aromatic N) is 1. The highest BCUT2D eigenvalue weighted by Crippen LogP contribution is 1.76. The topological polar surface area (TPSA) is 58.4 Å².